The number of alkyl carbamates (subject to hydrolysis) is 1. The van der Waals surface area contributed by atoms with Crippen LogP contribution < -0.4 is 14.8 Å². The summed E-state index contributed by atoms with van der Waals surface area (Å²) in [4.78, 5) is 14.1. The van der Waals surface area contributed by atoms with E-state index in [2.05, 4.69) is 33.0 Å². The zero-order chi connectivity index (χ0) is 17.7. The molecule has 0 atom stereocenters. The Hall–Kier alpha value is -1.95. The summed E-state index contributed by atoms with van der Waals surface area (Å²) < 4.78 is 17.2. The molecule has 1 aromatic carbocycles. The number of ether oxygens (including phenoxy) is 3. The largest absolute Gasteiger partial charge is 0.450 e. The number of hydrogen-bond acceptors (Lipinski definition) is 5. The van der Waals surface area contributed by atoms with Crippen LogP contribution in [-0.4, -0.2) is 36.7 Å². The highest BCUT2D eigenvalue weighted by Gasteiger charge is 2.49. The number of carbonyl (C=O) groups excluding carboxylic acids is 1. The number of carbonyl (C=O) groups is 1. The molecule has 1 aliphatic rings. The van der Waals surface area contributed by atoms with Crippen LogP contribution in [0.5, 0.6) is 11.5 Å². The smallest absolute Gasteiger partial charge is 0.414 e. The Morgan fingerprint density at radius 3 is 2.04 bits per heavy atom. The van der Waals surface area contributed by atoms with Gasteiger partial charge in [-0.25, -0.2) is 15.0 Å². The van der Waals surface area contributed by atoms with Crippen molar-refractivity contribution in [3.8, 4) is 11.5 Å². The van der Waals surface area contributed by atoms with Gasteiger partial charge in [0.1, 0.15) is 0 Å². The number of para-hydroxylation sites is 2. The van der Waals surface area contributed by atoms with Crippen molar-refractivity contribution in [2.24, 2.45) is 11.8 Å². The maximum Gasteiger partial charge on any atom is 0.414 e. The average Bonchev–Trinajstić information content (AvgIpc) is 2.84. The van der Waals surface area contributed by atoms with E-state index >= 15 is 0 Å². The van der Waals surface area contributed by atoms with Crippen LogP contribution >= 0.6 is 0 Å². The van der Waals surface area contributed by atoms with E-state index in [1.54, 1.807) is 6.92 Å². The minimum Gasteiger partial charge on any atom is -0.450 e. The van der Waals surface area contributed by atoms with Crippen LogP contribution in [0, 0.1) is 11.8 Å². The summed E-state index contributed by atoms with van der Waals surface area (Å²) in [6.45, 7) is 11.9. The molecule has 0 aromatic heterocycles. The van der Waals surface area contributed by atoms with Gasteiger partial charge in [-0.05, 0) is 30.9 Å². The monoisotopic (exact) mass is 336 g/mol. The molecule has 0 aliphatic carbocycles. The first-order valence-corrected chi connectivity index (χ1v) is 8.53. The molecular weight excluding hydrogens is 308 g/mol. The summed E-state index contributed by atoms with van der Waals surface area (Å²) in [5, 5.41) is 2.77. The van der Waals surface area contributed by atoms with Gasteiger partial charge < -0.3 is 14.2 Å². The van der Waals surface area contributed by atoms with Crippen molar-refractivity contribution in [1.29, 1.82) is 0 Å². The van der Waals surface area contributed by atoms with E-state index in [1.165, 1.54) is 0 Å². The number of benzene rings is 1. The standard InChI is InChI=1S/C18H28N2O4/c1-6-22-17(21)19-18(20(11-13(2)3)12-14(4)5)23-15-9-7-8-10-16(15)24-18/h7-10,13-14H,6,11-12H2,1-5H3,(H,19,21). The fraction of sp³-hybridized carbons (Fsp3) is 0.611. The Labute approximate surface area is 144 Å². The normalized spacial score (nSPS) is 15.2. The van der Waals surface area contributed by atoms with Gasteiger partial charge in [0, 0.05) is 13.1 Å². The molecule has 2 rings (SSSR count). The first-order chi connectivity index (χ1) is 11.4. The summed E-state index contributed by atoms with van der Waals surface area (Å²) in [6, 6.07) is 6.01. The molecule has 1 aromatic rings. The SMILES string of the molecule is CCOC(=O)NC1(N(CC(C)C)CC(C)C)Oc2ccccc2O1. The van der Waals surface area contributed by atoms with Gasteiger partial charge in [-0.2, -0.15) is 0 Å². The molecule has 1 heterocycles. The topological polar surface area (TPSA) is 60.0 Å². The number of fused-ring (bicyclic) bond motifs is 1. The lowest BCUT2D eigenvalue weighted by molar-refractivity contribution is -0.222. The van der Waals surface area contributed by atoms with E-state index in [0.717, 1.165) is 0 Å². The van der Waals surface area contributed by atoms with Crippen LogP contribution in [0.15, 0.2) is 24.3 Å². The van der Waals surface area contributed by atoms with Gasteiger partial charge in [-0.3, -0.25) is 0 Å². The minimum atomic E-state index is -1.38. The maximum absolute atomic E-state index is 12.1. The highest BCUT2D eigenvalue weighted by Crippen LogP contribution is 2.39. The van der Waals surface area contributed by atoms with Crippen LogP contribution in [0.2, 0.25) is 0 Å². The van der Waals surface area contributed by atoms with E-state index < -0.39 is 12.1 Å². The summed E-state index contributed by atoms with van der Waals surface area (Å²) in [7, 11) is 0. The summed E-state index contributed by atoms with van der Waals surface area (Å²) in [5.74, 6) is 1.96. The second-order valence-corrected chi connectivity index (χ2v) is 6.77. The molecule has 0 bridgehead atoms. The molecule has 1 N–H and O–H groups in total. The van der Waals surface area contributed by atoms with E-state index in [-0.39, 0.29) is 6.61 Å². The predicted molar refractivity (Wildman–Crippen MR) is 91.8 cm³/mol. The van der Waals surface area contributed by atoms with E-state index in [1.807, 2.05) is 29.2 Å². The number of amides is 1. The third-order valence-electron chi connectivity index (χ3n) is 3.47. The third kappa shape index (κ3) is 4.32. The Balaban J connectivity index is 2.33. The number of rotatable bonds is 7. The van der Waals surface area contributed by atoms with Crippen LogP contribution in [-0.2, 0) is 4.74 Å². The average molecular weight is 336 g/mol. The van der Waals surface area contributed by atoms with Crippen LogP contribution in [0.3, 0.4) is 0 Å². The fourth-order valence-electron chi connectivity index (χ4n) is 2.69. The molecule has 0 saturated heterocycles. The predicted octanol–water partition coefficient (Wildman–Crippen LogP) is 3.43. The van der Waals surface area contributed by atoms with Crippen molar-refractivity contribution in [2.75, 3.05) is 19.7 Å². The Morgan fingerprint density at radius 1 is 1.12 bits per heavy atom. The molecule has 6 nitrogen and oxygen atoms in total. The summed E-state index contributed by atoms with van der Waals surface area (Å²) in [6.07, 6.45) is -0.567. The Kier molecular flexibility index (Phi) is 5.94. The second kappa shape index (κ2) is 7.75. The van der Waals surface area contributed by atoms with Gasteiger partial charge in [0.25, 0.3) is 0 Å². The van der Waals surface area contributed by atoms with Gasteiger partial charge in [0.15, 0.2) is 11.5 Å². The van der Waals surface area contributed by atoms with Gasteiger partial charge >= 0.3 is 12.1 Å². The molecule has 0 spiro atoms. The van der Waals surface area contributed by atoms with Gasteiger partial charge in [-0.1, -0.05) is 39.8 Å². The fourth-order valence-corrected chi connectivity index (χ4v) is 2.69. The molecule has 24 heavy (non-hydrogen) atoms. The first-order valence-electron chi connectivity index (χ1n) is 8.53. The highest BCUT2D eigenvalue weighted by atomic mass is 16.8. The molecular formula is C18H28N2O4. The zero-order valence-corrected chi connectivity index (χ0v) is 15.2. The lowest BCUT2D eigenvalue weighted by Crippen LogP contribution is -2.67. The van der Waals surface area contributed by atoms with Crippen molar-refractivity contribution in [2.45, 2.75) is 40.7 Å². The molecule has 0 radical (unpaired) electrons. The molecule has 134 valence electrons. The Morgan fingerprint density at radius 2 is 1.62 bits per heavy atom. The Bertz CT molecular complexity index is 525. The van der Waals surface area contributed by atoms with Crippen molar-refractivity contribution >= 4 is 6.09 Å². The van der Waals surface area contributed by atoms with E-state index in [4.69, 9.17) is 14.2 Å². The van der Waals surface area contributed by atoms with Gasteiger partial charge in [0.2, 0.25) is 0 Å². The molecule has 0 fully saturated rings. The highest BCUT2D eigenvalue weighted by molar-refractivity contribution is 5.68. The molecule has 1 amide bonds. The van der Waals surface area contributed by atoms with Crippen LogP contribution in [0.4, 0.5) is 4.79 Å². The maximum atomic E-state index is 12.1. The molecule has 6 heteroatoms. The lowest BCUT2D eigenvalue weighted by atomic mass is 10.1. The minimum absolute atomic E-state index is 0.281. The second-order valence-electron chi connectivity index (χ2n) is 6.77. The summed E-state index contributed by atoms with van der Waals surface area (Å²) >= 11 is 0. The summed E-state index contributed by atoms with van der Waals surface area (Å²) in [5.41, 5.74) is 0. The number of nitrogens with zero attached hydrogens (tertiary/aromatic N) is 1. The third-order valence-corrected chi connectivity index (χ3v) is 3.47. The molecule has 0 saturated carbocycles. The van der Waals surface area contributed by atoms with Crippen molar-refractivity contribution in [3.05, 3.63) is 24.3 Å². The molecule has 1 aliphatic heterocycles. The van der Waals surface area contributed by atoms with Crippen molar-refractivity contribution < 1.29 is 19.0 Å². The molecule has 0 unspecified atom stereocenters. The van der Waals surface area contributed by atoms with Gasteiger partial charge in [-0.15, -0.1) is 0 Å². The lowest BCUT2D eigenvalue weighted by Gasteiger charge is -2.39. The first kappa shape index (κ1) is 18.4. The quantitative estimate of drug-likeness (QED) is 0.773. The van der Waals surface area contributed by atoms with Crippen molar-refractivity contribution in [1.82, 2.24) is 10.2 Å². The number of nitrogens with one attached hydrogen (secondary N) is 1. The number of hydrogen-bond donors (Lipinski definition) is 1. The van der Waals surface area contributed by atoms with Gasteiger partial charge in [0.05, 0.1) is 6.61 Å². The van der Waals surface area contributed by atoms with Crippen LogP contribution in [0.1, 0.15) is 34.6 Å². The van der Waals surface area contributed by atoms with E-state index in [0.29, 0.717) is 36.4 Å². The van der Waals surface area contributed by atoms with E-state index in [9.17, 15) is 4.79 Å². The zero-order valence-electron chi connectivity index (χ0n) is 15.2. The van der Waals surface area contributed by atoms with Crippen LogP contribution in [0.25, 0.3) is 0 Å². The van der Waals surface area contributed by atoms with Crippen molar-refractivity contribution in [3.63, 3.8) is 0 Å².